The molecule has 9 nitrogen and oxygen atoms in total. The molecule has 1 aromatic carbocycles. The van der Waals surface area contributed by atoms with Gasteiger partial charge in [0.2, 0.25) is 15.9 Å². The Labute approximate surface area is 185 Å². The summed E-state index contributed by atoms with van der Waals surface area (Å²) in [5.41, 5.74) is 12.7. The van der Waals surface area contributed by atoms with Gasteiger partial charge in [-0.25, -0.2) is 8.42 Å². The topological polar surface area (TPSA) is 143 Å². The van der Waals surface area contributed by atoms with Crippen LogP contribution >= 0.6 is 0 Å². The lowest BCUT2D eigenvalue weighted by atomic mass is 9.96. The van der Waals surface area contributed by atoms with Gasteiger partial charge >= 0.3 is 0 Å². The average Bonchev–Trinajstić information content (AvgIpc) is 2.75. The van der Waals surface area contributed by atoms with Crippen molar-refractivity contribution in [2.75, 3.05) is 31.5 Å². The van der Waals surface area contributed by atoms with Crippen molar-refractivity contribution in [2.45, 2.75) is 62.7 Å². The molecule has 1 unspecified atom stereocenters. The van der Waals surface area contributed by atoms with Gasteiger partial charge in [-0.1, -0.05) is 19.1 Å². The van der Waals surface area contributed by atoms with Crippen molar-refractivity contribution in [2.24, 2.45) is 17.4 Å². The van der Waals surface area contributed by atoms with E-state index in [-0.39, 0.29) is 10.8 Å². The van der Waals surface area contributed by atoms with Crippen LogP contribution in [-0.2, 0) is 21.2 Å². The summed E-state index contributed by atoms with van der Waals surface area (Å²) in [7, 11) is -3.89. The number of para-hydroxylation sites is 1. The van der Waals surface area contributed by atoms with Crippen molar-refractivity contribution >= 4 is 21.6 Å². The molecule has 1 saturated heterocycles. The summed E-state index contributed by atoms with van der Waals surface area (Å²) in [6.45, 7) is 4.69. The third-order valence-electron chi connectivity index (χ3n) is 5.91. The van der Waals surface area contributed by atoms with Crippen LogP contribution in [0.5, 0.6) is 0 Å². The first-order valence-corrected chi connectivity index (χ1v) is 12.7. The quantitative estimate of drug-likeness (QED) is 0.271. The standard InChI is InChI=1S/C21H36N6O3S/c1-15-13-16-7-5-9-18(19(16)25-14-15)31(29,30)26-17(8-6-10-24-21(22)23)20(28)27-11-3-2-4-12-27/h5,7,9,15,17,21,24-26H,2-4,6,8,10-14,22-23H2,1H3/t15?,17-/m0/s1. The highest BCUT2D eigenvalue weighted by Crippen LogP contribution is 2.31. The summed E-state index contributed by atoms with van der Waals surface area (Å²) >= 11 is 0. The molecule has 0 radical (unpaired) electrons. The van der Waals surface area contributed by atoms with Crippen LogP contribution in [0.2, 0.25) is 0 Å². The fourth-order valence-corrected chi connectivity index (χ4v) is 5.74. The Kier molecular flexibility index (Phi) is 8.29. The largest absolute Gasteiger partial charge is 0.383 e. The fraction of sp³-hybridized carbons (Fsp3) is 0.667. The van der Waals surface area contributed by atoms with Crippen LogP contribution in [0, 0.1) is 5.92 Å². The Morgan fingerprint density at radius 3 is 2.71 bits per heavy atom. The van der Waals surface area contributed by atoms with Crippen molar-refractivity contribution < 1.29 is 13.2 Å². The maximum absolute atomic E-state index is 13.3. The number of hydrogen-bond donors (Lipinski definition) is 5. The van der Waals surface area contributed by atoms with Crippen LogP contribution in [0.3, 0.4) is 0 Å². The SMILES string of the molecule is CC1CNc2c(cccc2S(=O)(=O)N[C@@H](CCCNC(N)N)C(=O)N2CCCCC2)C1. The molecule has 7 N–H and O–H groups in total. The summed E-state index contributed by atoms with van der Waals surface area (Å²) in [5.74, 6) is 0.278. The van der Waals surface area contributed by atoms with Gasteiger partial charge in [-0.2, -0.15) is 4.72 Å². The summed E-state index contributed by atoms with van der Waals surface area (Å²) in [6, 6.07) is 4.50. The van der Waals surface area contributed by atoms with E-state index >= 15 is 0 Å². The zero-order valence-corrected chi connectivity index (χ0v) is 19.1. The van der Waals surface area contributed by atoms with E-state index in [2.05, 4.69) is 22.3 Å². The summed E-state index contributed by atoms with van der Waals surface area (Å²) < 4.78 is 29.4. The van der Waals surface area contributed by atoms with Gasteiger partial charge in [-0.05, 0) is 62.6 Å². The minimum absolute atomic E-state index is 0.160. The van der Waals surface area contributed by atoms with Gasteiger partial charge in [0.15, 0.2) is 0 Å². The van der Waals surface area contributed by atoms with Crippen LogP contribution in [0.15, 0.2) is 23.1 Å². The zero-order chi connectivity index (χ0) is 22.4. The van der Waals surface area contributed by atoms with Gasteiger partial charge in [0.05, 0.1) is 5.69 Å². The molecule has 0 aliphatic carbocycles. The monoisotopic (exact) mass is 452 g/mol. The molecule has 2 atom stereocenters. The van der Waals surface area contributed by atoms with Gasteiger partial charge in [0, 0.05) is 19.6 Å². The second-order valence-electron chi connectivity index (χ2n) is 8.66. The number of amides is 1. The Hall–Kier alpha value is -1.72. The molecule has 0 saturated carbocycles. The maximum Gasteiger partial charge on any atom is 0.243 e. The third-order valence-corrected chi connectivity index (χ3v) is 7.42. The number of rotatable bonds is 9. The highest BCUT2D eigenvalue weighted by molar-refractivity contribution is 7.89. The number of benzene rings is 1. The van der Waals surface area contributed by atoms with Crippen LogP contribution in [0.1, 0.15) is 44.6 Å². The number of nitrogens with zero attached hydrogens (tertiary/aromatic N) is 1. The molecule has 3 rings (SSSR count). The number of fused-ring (bicyclic) bond motifs is 1. The molecule has 10 heteroatoms. The number of nitrogens with one attached hydrogen (secondary N) is 3. The second kappa shape index (κ2) is 10.7. The van der Waals surface area contributed by atoms with Crippen LogP contribution in [0.4, 0.5) is 5.69 Å². The predicted octanol–water partition coefficient (Wildman–Crippen LogP) is 0.521. The number of nitrogens with two attached hydrogens (primary N) is 2. The number of carbonyl (C=O) groups is 1. The van der Waals surface area contributed by atoms with E-state index < -0.39 is 22.4 Å². The van der Waals surface area contributed by atoms with Gasteiger partial charge in [0.1, 0.15) is 17.2 Å². The average molecular weight is 453 g/mol. The smallest absolute Gasteiger partial charge is 0.243 e. The molecule has 174 valence electrons. The molecule has 0 spiro atoms. The maximum atomic E-state index is 13.3. The van der Waals surface area contributed by atoms with Crippen molar-refractivity contribution in [3.63, 3.8) is 0 Å². The second-order valence-corrected chi connectivity index (χ2v) is 10.3. The van der Waals surface area contributed by atoms with Crippen LogP contribution < -0.4 is 26.8 Å². The number of sulfonamides is 1. The number of piperidine rings is 1. The van der Waals surface area contributed by atoms with E-state index in [0.29, 0.717) is 44.1 Å². The molecule has 1 fully saturated rings. The highest BCUT2D eigenvalue weighted by Gasteiger charge is 2.32. The minimum atomic E-state index is -3.89. The molecule has 31 heavy (non-hydrogen) atoms. The minimum Gasteiger partial charge on any atom is -0.383 e. The van der Waals surface area contributed by atoms with Gasteiger partial charge in [0.25, 0.3) is 0 Å². The summed E-state index contributed by atoms with van der Waals surface area (Å²) in [6.07, 6.45) is 4.11. The molecule has 2 aliphatic heterocycles. The van der Waals surface area contributed by atoms with E-state index in [0.717, 1.165) is 37.8 Å². The Balaban J connectivity index is 1.78. The first-order valence-electron chi connectivity index (χ1n) is 11.2. The molecular weight excluding hydrogens is 416 g/mol. The first kappa shape index (κ1) is 23.9. The van der Waals surface area contributed by atoms with Gasteiger partial charge < -0.3 is 21.7 Å². The van der Waals surface area contributed by atoms with E-state index in [1.165, 1.54) is 0 Å². The van der Waals surface area contributed by atoms with Crippen LogP contribution in [-0.4, -0.2) is 57.7 Å². The van der Waals surface area contributed by atoms with E-state index in [1.54, 1.807) is 17.0 Å². The lowest BCUT2D eigenvalue weighted by Crippen LogP contribution is -2.50. The predicted molar refractivity (Wildman–Crippen MR) is 122 cm³/mol. The van der Waals surface area contributed by atoms with Crippen LogP contribution in [0.25, 0.3) is 0 Å². The molecular formula is C21H36N6O3S. The number of carbonyl (C=O) groups excluding carboxylic acids is 1. The van der Waals surface area contributed by atoms with E-state index in [1.807, 2.05) is 6.07 Å². The lowest BCUT2D eigenvalue weighted by Gasteiger charge is -2.31. The number of anilines is 1. The zero-order valence-electron chi connectivity index (χ0n) is 18.3. The van der Waals surface area contributed by atoms with Crippen molar-refractivity contribution in [1.82, 2.24) is 14.9 Å². The van der Waals surface area contributed by atoms with Crippen molar-refractivity contribution in [3.8, 4) is 0 Å². The van der Waals surface area contributed by atoms with Crippen molar-refractivity contribution in [1.29, 1.82) is 0 Å². The number of likely N-dealkylation sites (tertiary alicyclic amines) is 1. The molecule has 0 bridgehead atoms. The Morgan fingerprint density at radius 2 is 2.00 bits per heavy atom. The summed E-state index contributed by atoms with van der Waals surface area (Å²) in [5, 5.41) is 6.17. The normalized spacial score (nSPS) is 20.3. The summed E-state index contributed by atoms with van der Waals surface area (Å²) in [4.78, 5) is 15.2. The highest BCUT2D eigenvalue weighted by atomic mass is 32.2. The molecule has 2 aliphatic rings. The number of hydrogen-bond acceptors (Lipinski definition) is 7. The molecule has 1 amide bonds. The molecule has 2 heterocycles. The Morgan fingerprint density at radius 1 is 1.26 bits per heavy atom. The van der Waals surface area contributed by atoms with E-state index in [9.17, 15) is 13.2 Å². The molecule has 1 aromatic rings. The first-order chi connectivity index (χ1) is 14.8. The fourth-order valence-electron chi connectivity index (χ4n) is 4.29. The lowest BCUT2D eigenvalue weighted by molar-refractivity contribution is -0.134. The van der Waals surface area contributed by atoms with Gasteiger partial charge in [-0.3, -0.25) is 10.1 Å². The van der Waals surface area contributed by atoms with Gasteiger partial charge in [-0.15, -0.1) is 0 Å². The molecule has 0 aromatic heterocycles. The third kappa shape index (κ3) is 6.39. The van der Waals surface area contributed by atoms with E-state index in [4.69, 9.17) is 11.5 Å². The van der Waals surface area contributed by atoms with Crippen molar-refractivity contribution in [3.05, 3.63) is 23.8 Å². The Bertz CT molecular complexity index is 855.